The summed E-state index contributed by atoms with van der Waals surface area (Å²) in [5.41, 5.74) is 7.59. The monoisotopic (exact) mass is 372 g/mol. The second-order valence-electron chi connectivity index (χ2n) is 5.85. The first-order chi connectivity index (χ1) is 12.9. The quantitative estimate of drug-likeness (QED) is 0.572. The number of nitrogens with one attached hydrogen (secondary N) is 1. The number of ether oxygens (including phenoxy) is 3. The number of benzene rings is 2. The molecule has 0 bridgehead atoms. The van der Waals surface area contributed by atoms with Gasteiger partial charge in [-0.1, -0.05) is 12.1 Å². The van der Waals surface area contributed by atoms with Crippen molar-refractivity contribution in [2.75, 3.05) is 31.9 Å². The van der Waals surface area contributed by atoms with Crippen LogP contribution in [0.1, 0.15) is 35.7 Å². The summed E-state index contributed by atoms with van der Waals surface area (Å²) in [5.74, 6) is -0.536. The molecular weight excluding hydrogens is 348 g/mol. The van der Waals surface area contributed by atoms with Crippen LogP contribution in [0.4, 0.5) is 11.4 Å². The molecule has 0 saturated heterocycles. The van der Waals surface area contributed by atoms with Crippen molar-refractivity contribution in [3.8, 4) is 11.5 Å². The van der Waals surface area contributed by atoms with Crippen molar-refractivity contribution in [3.63, 3.8) is 0 Å². The molecule has 0 spiro atoms. The second-order valence-corrected chi connectivity index (χ2v) is 5.85. The number of nitrogen functional groups attached to an aromatic ring is 1. The zero-order valence-electron chi connectivity index (χ0n) is 15.9. The van der Waals surface area contributed by atoms with Crippen molar-refractivity contribution >= 4 is 23.3 Å². The Hall–Kier alpha value is -3.22. The van der Waals surface area contributed by atoms with Crippen LogP contribution in [-0.2, 0) is 9.53 Å². The Bertz CT molecular complexity index is 818. The molecule has 2 rings (SSSR count). The van der Waals surface area contributed by atoms with Gasteiger partial charge in [-0.3, -0.25) is 4.79 Å². The van der Waals surface area contributed by atoms with Gasteiger partial charge in [-0.05, 0) is 31.5 Å². The largest absolute Gasteiger partial charge is 0.493 e. The number of anilines is 2. The van der Waals surface area contributed by atoms with Crippen LogP contribution in [0.3, 0.4) is 0 Å². The Balaban J connectivity index is 2.35. The zero-order chi connectivity index (χ0) is 20.0. The molecule has 2 aromatic rings. The first-order valence-corrected chi connectivity index (χ1v) is 8.50. The minimum Gasteiger partial charge on any atom is -0.493 e. The van der Waals surface area contributed by atoms with E-state index in [-0.39, 0.29) is 18.1 Å². The number of hydrogen-bond acceptors (Lipinski definition) is 6. The maximum absolute atomic E-state index is 12.7. The third-order valence-corrected chi connectivity index (χ3v) is 4.11. The van der Waals surface area contributed by atoms with E-state index in [9.17, 15) is 9.59 Å². The maximum Gasteiger partial charge on any atom is 0.340 e. The standard InChI is InChI=1S/C20H24N2O5/c1-5-27-20(24)15-10-17(25-3)18(26-4)11-16(15)22-19(23)12(2)13-6-8-14(21)9-7-13/h6-12H,5,21H2,1-4H3,(H,22,23). The minimum absolute atomic E-state index is 0.187. The predicted molar refractivity (Wildman–Crippen MR) is 103 cm³/mol. The summed E-state index contributed by atoms with van der Waals surface area (Å²) in [6.07, 6.45) is 0. The molecule has 0 heterocycles. The third kappa shape index (κ3) is 4.69. The fraction of sp³-hybridized carbons (Fsp3) is 0.300. The smallest absolute Gasteiger partial charge is 0.340 e. The molecule has 0 fully saturated rings. The fourth-order valence-electron chi connectivity index (χ4n) is 2.54. The van der Waals surface area contributed by atoms with E-state index in [1.54, 1.807) is 44.2 Å². The van der Waals surface area contributed by atoms with Gasteiger partial charge in [-0.2, -0.15) is 0 Å². The molecule has 1 unspecified atom stereocenters. The topological polar surface area (TPSA) is 99.9 Å². The van der Waals surface area contributed by atoms with Gasteiger partial charge >= 0.3 is 5.97 Å². The highest BCUT2D eigenvalue weighted by molar-refractivity contribution is 6.03. The Kier molecular flexibility index (Phi) is 6.65. The Morgan fingerprint density at radius 1 is 1.07 bits per heavy atom. The lowest BCUT2D eigenvalue weighted by Gasteiger charge is -2.17. The molecule has 3 N–H and O–H groups in total. The van der Waals surface area contributed by atoms with Gasteiger partial charge in [0.1, 0.15) is 0 Å². The van der Waals surface area contributed by atoms with Crippen molar-refractivity contribution < 1.29 is 23.8 Å². The second kappa shape index (κ2) is 8.93. The van der Waals surface area contributed by atoms with Crippen LogP contribution in [-0.4, -0.2) is 32.7 Å². The molecule has 7 nitrogen and oxygen atoms in total. The van der Waals surface area contributed by atoms with Gasteiger partial charge in [0.15, 0.2) is 11.5 Å². The molecule has 144 valence electrons. The summed E-state index contributed by atoms with van der Waals surface area (Å²) in [6.45, 7) is 3.69. The molecule has 7 heteroatoms. The van der Waals surface area contributed by atoms with Gasteiger partial charge in [-0.15, -0.1) is 0 Å². The summed E-state index contributed by atoms with van der Waals surface area (Å²) >= 11 is 0. The summed E-state index contributed by atoms with van der Waals surface area (Å²) in [6, 6.07) is 10.1. The Morgan fingerprint density at radius 3 is 2.22 bits per heavy atom. The number of rotatable bonds is 7. The molecule has 2 aromatic carbocycles. The van der Waals surface area contributed by atoms with Crippen LogP contribution < -0.4 is 20.5 Å². The summed E-state index contributed by atoms with van der Waals surface area (Å²) in [7, 11) is 2.94. The van der Waals surface area contributed by atoms with Crippen LogP contribution in [0.2, 0.25) is 0 Å². The summed E-state index contributed by atoms with van der Waals surface area (Å²) in [4.78, 5) is 25.0. The SMILES string of the molecule is CCOC(=O)c1cc(OC)c(OC)cc1NC(=O)C(C)c1ccc(N)cc1. The van der Waals surface area contributed by atoms with E-state index in [2.05, 4.69) is 5.32 Å². The molecule has 0 saturated carbocycles. The molecule has 0 aliphatic rings. The molecule has 0 aliphatic heterocycles. The predicted octanol–water partition coefficient (Wildman–Crippen LogP) is 3.20. The van der Waals surface area contributed by atoms with Gasteiger partial charge in [0, 0.05) is 17.8 Å². The highest BCUT2D eigenvalue weighted by Gasteiger charge is 2.22. The van der Waals surface area contributed by atoms with E-state index in [4.69, 9.17) is 19.9 Å². The van der Waals surface area contributed by atoms with Crippen molar-refractivity contribution in [1.82, 2.24) is 0 Å². The number of methoxy groups -OCH3 is 2. The maximum atomic E-state index is 12.7. The number of amides is 1. The highest BCUT2D eigenvalue weighted by atomic mass is 16.5. The molecule has 0 aliphatic carbocycles. The summed E-state index contributed by atoms with van der Waals surface area (Å²) < 4.78 is 15.6. The molecular formula is C20H24N2O5. The first-order valence-electron chi connectivity index (χ1n) is 8.50. The normalized spacial score (nSPS) is 11.4. The van der Waals surface area contributed by atoms with E-state index in [0.29, 0.717) is 22.9 Å². The number of carbonyl (C=O) groups excluding carboxylic acids is 2. The van der Waals surface area contributed by atoms with Crippen molar-refractivity contribution in [3.05, 3.63) is 47.5 Å². The van der Waals surface area contributed by atoms with Crippen LogP contribution >= 0.6 is 0 Å². The minimum atomic E-state index is -0.561. The number of esters is 1. The fourth-order valence-corrected chi connectivity index (χ4v) is 2.54. The highest BCUT2D eigenvalue weighted by Crippen LogP contribution is 2.34. The van der Waals surface area contributed by atoms with Gasteiger partial charge in [0.2, 0.25) is 5.91 Å². The molecule has 1 atom stereocenters. The van der Waals surface area contributed by atoms with Crippen LogP contribution in [0.15, 0.2) is 36.4 Å². The van der Waals surface area contributed by atoms with Crippen molar-refractivity contribution in [1.29, 1.82) is 0 Å². The molecule has 27 heavy (non-hydrogen) atoms. The van der Waals surface area contributed by atoms with Gasteiger partial charge in [0.25, 0.3) is 0 Å². The molecule has 1 amide bonds. The molecule has 0 radical (unpaired) electrons. The number of carbonyl (C=O) groups is 2. The van der Waals surface area contributed by atoms with Crippen LogP contribution in [0, 0.1) is 0 Å². The lowest BCUT2D eigenvalue weighted by molar-refractivity contribution is -0.117. The van der Waals surface area contributed by atoms with E-state index in [1.165, 1.54) is 20.3 Å². The van der Waals surface area contributed by atoms with Gasteiger partial charge in [0.05, 0.1) is 38.0 Å². The summed E-state index contributed by atoms with van der Waals surface area (Å²) in [5, 5.41) is 2.78. The third-order valence-electron chi connectivity index (χ3n) is 4.11. The number of hydrogen-bond donors (Lipinski definition) is 2. The van der Waals surface area contributed by atoms with Crippen LogP contribution in [0.5, 0.6) is 11.5 Å². The average molecular weight is 372 g/mol. The Morgan fingerprint density at radius 2 is 1.67 bits per heavy atom. The van der Waals surface area contributed by atoms with E-state index in [1.807, 2.05) is 0 Å². The van der Waals surface area contributed by atoms with E-state index < -0.39 is 11.9 Å². The van der Waals surface area contributed by atoms with Crippen LogP contribution in [0.25, 0.3) is 0 Å². The molecule has 0 aromatic heterocycles. The number of nitrogens with two attached hydrogens (primary N) is 1. The van der Waals surface area contributed by atoms with E-state index in [0.717, 1.165) is 5.56 Å². The Labute approximate surface area is 158 Å². The first kappa shape index (κ1) is 20.1. The van der Waals surface area contributed by atoms with E-state index >= 15 is 0 Å². The lowest BCUT2D eigenvalue weighted by atomic mass is 9.99. The lowest BCUT2D eigenvalue weighted by Crippen LogP contribution is -2.21. The van der Waals surface area contributed by atoms with Crippen molar-refractivity contribution in [2.45, 2.75) is 19.8 Å². The van der Waals surface area contributed by atoms with Gasteiger partial charge < -0.3 is 25.3 Å². The zero-order valence-corrected chi connectivity index (χ0v) is 15.9. The van der Waals surface area contributed by atoms with Gasteiger partial charge in [-0.25, -0.2) is 4.79 Å². The van der Waals surface area contributed by atoms with Crippen molar-refractivity contribution in [2.24, 2.45) is 0 Å². The average Bonchev–Trinajstić information content (AvgIpc) is 2.67.